The van der Waals surface area contributed by atoms with E-state index in [1.54, 1.807) is 0 Å². The molecule has 0 radical (unpaired) electrons. The fourth-order valence-corrected chi connectivity index (χ4v) is 6.63. The summed E-state index contributed by atoms with van der Waals surface area (Å²) in [7, 11) is 0. The minimum atomic E-state index is 0.142. The molecule has 0 saturated heterocycles. The zero-order valence-electron chi connectivity index (χ0n) is 31.8. The van der Waals surface area contributed by atoms with Gasteiger partial charge in [-0.2, -0.15) is 0 Å². The van der Waals surface area contributed by atoms with E-state index in [1.165, 1.54) is 84.7 Å². The summed E-state index contributed by atoms with van der Waals surface area (Å²) in [6.45, 7) is 13.0. The maximum absolute atomic E-state index is 6.60. The Kier molecular flexibility index (Phi) is 22.7. The molecule has 8 N–H and O–H groups in total. The molecule has 50 heavy (non-hydrogen) atoms. The smallest absolute Gasteiger partial charge is 0.00914 e. The molecule has 3 aromatic rings. The molecule has 0 aliphatic heterocycles. The highest BCUT2D eigenvalue weighted by molar-refractivity contribution is 5.83. The number of hydrogen-bond donors (Lipinski definition) is 6. The lowest BCUT2D eigenvalue weighted by atomic mass is 9.91. The van der Waals surface area contributed by atoms with Crippen LogP contribution in [-0.4, -0.2) is 64.4 Å². The Bertz CT molecular complexity index is 1170. The Morgan fingerprint density at radius 1 is 0.440 bits per heavy atom. The third-order valence-corrected chi connectivity index (χ3v) is 9.61. The predicted octanol–water partition coefficient (Wildman–Crippen LogP) is 7.84. The molecule has 2 atom stereocenters. The van der Waals surface area contributed by atoms with E-state index in [-0.39, 0.29) is 12.1 Å². The van der Waals surface area contributed by atoms with Crippen molar-refractivity contribution in [1.29, 1.82) is 0 Å². The molecule has 0 bridgehead atoms. The Labute approximate surface area is 306 Å². The molecule has 3 aromatic carbocycles. The molecular formula is C44H72N6. The van der Waals surface area contributed by atoms with Crippen LogP contribution in [0.3, 0.4) is 0 Å². The molecule has 0 saturated carbocycles. The minimum absolute atomic E-state index is 0.142. The van der Waals surface area contributed by atoms with Crippen LogP contribution in [0.2, 0.25) is 0 Å². The predicted molar refractivity (Wildman–Crippen MR) is 219 cm³/mol. The molecule has 278 valence electrons. The normalized spacial score (nSPS) is 12.7. The minimum Gasteiger partial charge on any atom is -0.327 e. The zero-order chi connectivity index (χ0) is 35.5. The van der Waals surface area contributed by atoms with Crippen molar-refractivity contribution in [2.45, 2.75) is 116 Å². The highest BCUT2D eigenvalue weighted by Crippen LogP contribution is 2.33. The first kappa shape index (κ1) is 41.8. The maximum Gasteiger partial charge on any atom is 0.00914 e. The molecule has 0 fully saturated rings. The van der Waals surface area contributed by atoms with Gasteiger partial charge >= 0.3 is 0 Å². The topological polar surface area (TPSA) is 100 Å². The van der Waals surface area contributed by atoms with Gasteiger partial charge in [0.25, 0.3) is 0 Å². The molecule has 2 unspecified atom stereocenters. The Balaban J connectivity index is 1.41. The van der Waals surface area contributed by atoms with Gasteiger partial charge in [0.2, 0.25) is 0 Å². The second-order valence-electron chi connectivity index (χ2n) is 14.3. The van der Waals surface area contributed by atoms with Crippen molar-refractivity contribution in [1.82, 2.24) is 21.3 Å². The average molecular weight is 685 g/mol. The molecule has 0 aliphatic rings. The highest BCUT2D eigenvalue weighted by Gasteiger charge is 2.11. The molecule has 0 aromatic heterocycles. The molecular weight excluding hydrogens is 613 g/mol. The van der Waals surface area contributed by atoms with Crippen LogP contribution in [0.15, 0.2) is 72.8 Å². The lowest BCUT2D eigenvalue weighted by Crippen LogP contribution is -2.30. The monoisotopic (exact) mass is 685 g/mol. The second kappa shape index (κ2) is 27.1. The van der Waals surface area contributed by atoms with Gasteiger partial charge in [-0.05, 0) is 137 Å². The van der Waals surface area contributed by atoms with Gasteiger partial charge in [0.05, 0.1) is 0 Å². The van der Waals surface area contributed by atoms with Gasteiger partial charge in [0, 0.05) is 12.1 Å². The van der Waals surface area contributed by atoms with E-state index in [0.717, 1.165) is 90.9 Å². The maximum atomic E-state index is 6.60. The lowest BCUT2D eigenvalue weighted by Gasteiger charge is -2.16. The standard InChI is InChI=1S/C44H72N6/c1-3-5-7-11-25-47-27-15-29-49-31-23-41(45)35-37-17-13-19-39(33-37)43-21-9-10-22-44(43)40-20-14-18-38(34-40)36-42(46)24-32-50-30-16-28-48-26-12-8-6-4-2/h9-10,13-14,17-22,33-34,41-42,47-50H,3-8,11-12,15-16,23-32,35-36,45-46H2,1-2H3. The van der Waals surface area contributed by atoms with Crippen molar-refractivity contribution in [2.24, 2.45) is 11.5 Å². The number of rotatable bonds is 30. The SMILES string of the molecule is CCCCCCNCCCNCCC(N)Cc1cccc(-c2ccccc2-c2cccc(CC(N)CCNCCCNCCCCCC)c2)c1. The Morgan fingerprint density at radius 2 is 0.840 bits per heavy atom. The summed E-state index contributed by atoms with van der Waals surface area (Å²) in [5.74, 6) is 0. The van der Waals surface area contributed by atoms with E-state index in [2.05, 4.69) is 108 Å². The third kappa shape index (κ3) is 18.1. The van der Waals surface area contributed by atoms with Gasteiger partial charge in [-0.15, -0.1) is 0 Å². The summed E-state index contributed by atoms with van der Waals surface area (Å²) in [6.07, 6.45) is 16.6. The number of unbranched alkanes of at least 4 members (excludes halogenated alkanes) is 6. The zero-order valence-corrected chi connectivity index (χ0v) is 31.8. The van der Waals surface area contributed by atoms with Crippen molar-refractivity contribution < 1.29 is 0 Å². The van der Waals surface area contributed by atoms with Crippen molar-refractivity contribution in [3.05, 3.63) is 83.9 Å². The number of nitrogens with one attached hydrogen (secondary N) is 4. The highest BCUT2D eigenvalue weighted by atomic mass is 14.9. The summed E-state index contributed by atoms with van der Waals surface area (Å²) in [4.78, 5) is 0. The second-order valence-corrected chi connectivity index (χ2v) is 14.3. The van der Waals surface area contributed by atoms with Gasteiger partial charge in [-0.1, -0.05) is 125 Å². The van der Waals surface area contributed by atoms with Crippen LogP contribution in [0.4, 0.5) is 0 Å². The molecule has 3 rings (SSSR count). The molecule has 0 spiro atoms. The van der Waals surface area contributed by atoms with E-state index in [9.17, 15) is 0 Å². The van der Waals surface area contributed by atoms with Crippen molar-refractivity contribution in [2.75, 3.05) is 52.4 Å². The fraction of sp³-hybridized carbons (Fsp3) is 0.591. The lowest BCUT2D eigenvalue weighted by molar-refractivity contribution is 0.533. The largest absolute Gasteiger partial charge is 0.327 e. The van der Waals surface area contributed by atoms with Gasteiger partial charge < -0.3 is 32.7 Å². The Morgan fingerprint density at radius 3 is 1.26 bits per heavy atom. The van der Waals surface area contributed by atoms with E-state index in [0.29, 0.717) is 0 Å². The molecule has 0 heterocycles. The van der Waals surface area contributed by atoms with Gasteiger partial charge in [-0.25, -0.2) is 0 Å². The van der Waals surface area contributed by atoms with Crippen molar-refractivity contribution in [3.63, 3.8) is 0 Å². The molecule has 0 amide bonds. The molecule has 0 aliphatic carbocycles. The van der Waals surface area contributed by atoms with Crippen LogP contribution >= 0.6 is 0 Å². The van der Waals surface area contributed by atoms with E-state index in [1.807, 2.05) is 0 Å². The summed E-state index contributed by atoms with van der Waals surface area (Å²) < 4.78 is 0. The number of benzene rings is 3. The van der Waals surface area contributed by atoms with Gasteiger partial charge in [-0.3, -0.25) is 0 Å². The van der Waals surface area contributed by atoms with Crippen LogP contribution in [-0.2, 0) is 12.8 Å². The quantitative estimate of drug-likeness (QED) is 0.0401. The summed E-state index contributed by atoms with van der Waals surface area (Å²) >= 11 is 0. The first-order valence-corrected chi connectivity index (χ1v) is 20.2. The van der Waals surface area contributed by atoms with Crippen molar-refractivity contribution >= 4 is 0 Å². The summed E-state index contributed by atoms with van der Waals surface area (Å²) in [6, 6.07) is 26.9. The third-order valence-electron chi connectivity index (χ3n) is 9.61. The van der Waals surface area contributed by atoms with Gasteiger partial charge in [0.15, 0.2) is 0 Å². The van der Waals surface area contributed by atoms with Crippen LogP contribution in [0.1, 0.15) is 102 Å². The van der Waals surface area contributed by atoms with E-state index >= 15 is 0 Å². The molecule has 6 nitrogen and oxygen atoms in total. The number of hydrogen-bond acceptors (Lipinski definition) is 6. The van der Waals surface area contributed by atoms with Gasteiger partial charge in [0.1, 0.15) is 0 Å². The van der Waals surface area contributed by atoms with Crippen LogP contribution in [0.25, 0.3) is 22.3 Å². The Hall–Kier alpha value is -2.58. The van der Waals surface area contributed by atoms with Crippen LogP contribution < -0.4 is 32.7 Å². The first-order chi connectivity index (χ1) is 24.6. The van der Waals surface area contributed by atoms with E-state index in [4.69, 9.17) is 11.5 Å². The first-order valence-electron chi connectivity index (χ1n) is 20.2. The summed E-state index contributed by atoms with van der Waals surface area (Å²) in [5, 5.41) is 14.3. The summed E-state index contributed by atoms with van der Waals surface area (Å²) in [5.41, 5.74) is 20.8. The average Bonchev–Trinajstić information content (AvgIpc) is 3.13. The van der Waals surface area contributed by atoms with Crippen LogP contribution in [0.5, 0.6) is 0 Å². The van der Waals surface area contributed by atoms with Crippen molar-refractivity contribution in [3.8, 4) is 22.3 Å². The van der Waals surface area contributed by atoms with Crippen LogP contribution in [0, 0.1) is 0 Å². The molecule has 6 heteroatoms. The fourth-order valence-electron chi connectivity index (χ4n) is 6.63. The van der Waals surface area contributed by atoms with E-state index < -0.39 is 0 Å². The number of nitrogens with two attached hydrogens (primary N) is 2.